The average molecular weight is 224 g/mol. The molecule has 0 saturated heterocycles. The van der Waals surface area contributed by atoms with Gasteiger partial charge in [-0.05, 0) is 44.3 Å². The van der Waals surface area contributed by atoms with Gasteiger partial charge in [-0.15, -0.1) is 0 Å². The normalized spacial score (nSPS) is 10.6. The number of hydrogen-bond acceptors (Lipinski definition) is 4. The lowest BCUT2D eigenvalue weighted by Crippen LogP contribution is -2.29. The van der Waals surface area contributed by atoms with Crippen LogP contribution in [0.4, 0.5) is 0 Å². The fraction of sp³-hybridized carbons (Fsp3) is 0.500. The van der Waals surface area contributed by atoms with E-state index in [0.717, 1.165) is 22.6 Å². The van der Waals surface area contributed by atoms with Gasteiger partial charge in [0.2, 0.25) is 0 Å². The van der Waals surface area contributed by atoms with Crippen molar-refractivity contribution in [2.75, 3.05) is 28.3 Å². The van der Waals surface area contributed by atoms with Crippen LogP contribution in [0.15, 0.2) is 12.1 Å². The van der Waals surface area contributed by atoms with Crippen molar-refractivity contribution in [3.63, 3.8) is 0 Å². The second kappa shape index (κ2) is 5.72. The number of rotatable bonds is 5. The van der Waals surface area contributed by atoms with E-state index in [-0.39, 0.29) is 6.17 Å². The third-order valence-corrected chi connectivity index (χ3v) is 2.66. The van der Waals surface area contributed by atoms with Gasteiger partial charge in [-0.1, -0.05) is 0 Å². The van der Waals surface area contributed by atoms with Gasteiger partial charge in [0, 0.05) is 0 Å². The number of ether oxygens (including phenoxy) is 2. The molecule has 1 aromatic rings. The summed E-state index contributed by atoms with van der Waals surface area (Å²) in [5.74, 6) is 1.51. The first kappa shape index (κ1) is 12.8. The molecule has 0 spiro atoms. The highest BCUT2D eigenvalue weighted by molar-refractivity contribution is 5.47. The van der Waals surface area contributed by atoms with Crippen LogP contribution < -0.4 is 20.1 Å². The third kappa shape index (κ3) is 2.46. The van der Waals surface area contributed by atoms with Gasteiger partial charge >= 0.3 is 0 Å². The first-order valence-corrected chi connectivity index (χ1v) is 5.25. The Morgan fingerprint density at radius 2 is 1.50 bits per heavy atom. The Bertz CT molecular complexity index is 349. The number of aryl methyl sites for hydroxylation is 1. The van der Waals surface area contributed by atoms with Crippen molar-refractivity contribution in [1.29, 1.82) is 0 Å². The Hall–Kier alpha value is -1.26. The second-order valence-electron chi connectivity index (χ2n) is 3.57. The molecule has 0 amide bonds. The molecule has 0 aliphatic heterocycles. The Morgan fingerprint density at radius 1 is 1.00 bits per heavy atom. The van der Waals surface area contributed by atoms with Gasteiger partial charge < -0.3 is 20.1 Å². The fourth-order valence-corrected chi connectivity index (χ4v) is 1.76. The smallest absolute Gasteiger partial charge is 0.161 e. The lowest BCUT2D eigenvalue weighted by molar-refractivity contribution is 0.353. The zero-order valence-electron chi connectivity index (χ0n) is 10.5. The molecule has 0 saturated carbocycles. The molecule has 90 valence electrons. The maximum absolute atomic E-state index is 5.29. The van der Waals surface area contributed by atoms with Crippen LogP contribution in [0, 0.1) is 6.92 Å². The molecule has 1 aromatic carbocycles. The molecule has 0 aromatic heterocycles. The van der Waals surface area contributed by atoms with Crippen molar-refractivity contribution in [2.45, 2.75) is 13.1 Å². The summed E-state index contributed by atoms with van der Waals surface area (Å²) in [5, 5.41) is 6.38. The van der Waals surface area contributed by atoms with Gasteiger partial charge in [-0.2, -0.15) is 0 Å². The van der Waals surface area contributed by atoms with Crippen LogP contribution in [0.1, 0.15) is 17.3 Å². The van der Waals surface area contributed by atoms with Crippen LogP contribution in [-0.4, -0.2) is 28.3 Å². The van der Waals surface area contributed by atoms with Crippen LogP contribution in [0.5, 0.6) is 11.5 Å². The van der Waals surface area contributed by atoms with Crippen molar-refractivity contribution in [3.8, 4) is 11.5 Å². The van der Waals surface area contributed by atoms with E-state index in [4.69, 9.17) is 9.47 Å². The summed E-state index contributed by atoms with van der Waals surface area (Å²) in [6, 6.07) is 3.97. The van der Waals surface area contributed by atoms with E-state index >= 15 is 0 Å². The van der Waals surface area contributed by atoms with E-state index < -0.39 is 0 Å². The molecule has 0 atom stereocenters. The third-order valence-electron chi connectivity index (χ3n) is 2.66. The first-order valence-electron chi connectivity index (χ1n) is 5.25. The summed E-state index contributed by atoms with van der Waals surface area (Å²) in [6.45, 7) is 2.05. The Kier molecular flexibility index (Phi) is 4.58. The molecule has 0 aliphatic rings. The maximum atomic E-state index is 5.29. The van der Waals surface area contributed by atoms with Crippen LogP contribution in [0.2, 0.25) is 0 Å². The summed E-state index contributed by atoms with van der Waals surface area (Å²) >= 11 is 0. The van der Waals surface area contributed by atoms with Gasteiger partial charge in [-0.3, -0.25) is 0 Å². The Morgan fingerprint density at radius 3 is 1.94 bits per heavy atom. The van der Waals surface area contributed by atoms with Gasteiger partial charge in [0.1, 0.15) is 0 Å². The molecule has 4 nitrogen and oxygen atoms in total. The molecule has 0 radical (unpaired) electrons. The van der Waals surface area contributed by atoms with E-state index in [1.807, 2.05) is 26.2 Å². The molecule has 0 heterocycles. The number of benzene rings is 1. The zero-order chi connectivity index (χ0) is 12.1. The molecule has 16 heavy (non-hydrogen) atoms. The molecule has 0 fully saturated rings. The monoisotopic (exact) mass is 224 g/mol. The van der Waals surface area contributed by atoms with Crippen molar-refractivity contribution >= 4 is 0 Å². The van der Waals surface area contributed by atoms with Crippen molar-refractivity contribution in [2.24, 2.45) is 0 Å². The van der Waals surface area contributed by atoms with E-state index in [2.05, 4.69) is 17.6 Å². The van der Waals surface area contributed by atoms with E-state index in [1.54, 1.807) is 14.2 Å². The minimum atomic E-state index is 0.111. The fourth-order valence-electron chi connectivity index (χ4n) is 1.76. The number of nitrogens with one attached hydrogen (secondary N) is 2. The van der Waals surface area contributed by atoms with Gasteiger partial charge in [0.25, 0.3) is 0 Å². The van der Waals surface area contributed by atoms with Crippen molar-refractivity contribution in [3.05, 3.63) is 23.3 Å². The topological polar surface area (TPSA) is 42.5 Å². The summed E-state index contributed by atoms with van der Waals surface area (Å²) in [4.78, 5) is 0. The number of hydrogen-bond donors (Lipinski definition) is 2. The minimum absolute atomic E-state index is 0.111. The minimum Gasteiger partial charge on any atom is -0.493 e. The molecule has 1 rings (SSSR count). The SMILES string of the molecule is CNC(NC)c1cc(OC)c(OC)cc1C. The van der Waals surface area contributed by atoms with Crippen LogP contribution in [0.25, 0.3) is 0 Å². The summed E-state index contributed by atoms with van der Waals surface area (Å²) in [7, 11) is 7.12. The molecule has 4 heteroatoms. The Labute approximate surface area is 96.9 Å². The van der Waals surface area contributed by atoms with Crippen LogP contribution >= 0.6 is 0 Å². The standard InChI is InChI=1S/C12H20N2O2/c1-8-6-10(15-4)11(16-5)7-9(8)12(13-2)14-3/h6-7,12-14H,1-5H3. The van der Waals surface area contributed by atoms with Crippen molar-refractivity contribution < 1.29 is 9.47 Å². The Balaban J connectivity index is 3.19. The highest BCUT2D eigenvalue weighted by Gasteiger charge is 2.14. The summed E-state index contributed by atoms with van der Waals surface area (Å²) in [6.07, 6.45) is 0.111. The zero-order valence-corrected chi connectivity index (χ0v) is 10.5. The first-order chi connectivity index (χ1) is 7.67. The molecular formula is C12H20N2O2. The van der Waals surface area contributed by atoms with E-state index in [9.17, 15) is 0 Å². The lowest BCUT2D eigenvalue weighted by Gasteiger charge is -2.20. The highest BCUT2D eigenvalue weighted by Crippen LogP contribution is 2.32. The molecular weight excluding hydrogens is 204 g/mol. The lowest BCUT2D eigenvalue weighted by atomic mass is 10.0. The van der Waals surface area contributed by atoms with Gasteiger partial charge in [-0.25, -0.2) is 0 Å². The summed E-state index contributed by atoms with van der Waals surface area (Å²) in [5.41, 5.74) is 2.31. The predicted molar refractivity (Wildman–Crippen MR) is 65.1 cm³/mol. The molecule has 0 aliphatic carbocycles. The van der Waals surface area contributed by atoms with Gasteiger partial charge in [0.05, 0.1) is 20.4 Å². The summed E-state index contributed by atoms with van der Waals surface area (Å²) < 4.78 is 10.5. The predicted octanol–water partition coefficient (Wildman–Crippen LogP) is 1.45. The molecule has 0 bridgehead atoms. The van der Waals surface area contributed by atoms with Crippen molar-refractivity contribution in [1.82, 2.24) is 10.6 Å². The van der Waals surface area contributed by atoms with Crippen LogP contribution in [-0.2, 0) is 0 Å². The number of methoxy groups -OCH3 is 2. The van der Waals surface area contributed by atoms with Gasteiger partial charge in [0.15, 0.2) is 11.5 Å². The second-order valence-corrected chi connectivity index (χ2v) is 3.57. The maximum Gasteiger partial charge on any atom is 0.161 e. The highest BCUT2D eigenvalue weighted by atomic mass is 16.5. The quantitative estimate of drug-likeness (QED) is 0.743. The molecule has 2 N–H and O–H groups in total. The largest absolute Gasteiger partial charge is 0.493 e. The average Bonchev–Trinajstić information content (AvgIpc) is 2.32. The van der Waals surface area contributed by atoms with E-state index in [0.29, 0.717) is 0 Å². The van der Waals surface area contributed by atoms with E-state index in [1.165, 1.54) is 0 Å². The van der Waals surface area contributed by atoms with Crippen LogP contribution in [0.3, 0.4) is 0 Å². The molecule has 0 unspecified atom stereocenters.